The van der Waals surface area contributed by atoms with Crippen molar-refractivity contribution in [3.63, 3.8) is 0 Å². The Bertz CT molecular complexity index is 1500. The molecule has 2 aliphatic rings. The molecule has 0 radical (unpaired) electrons. The highest BCUT2D eigenvalue weighted by molar-refractivity contribution is 8.01. The smallest absolute Gasteiger partial charge is 0.323 e. The number of thioether (sulfide) groups is 2. The van der Waals surface area contributed by atoms with Crippen molar-refractivity contribution >= 4 is 29.5 Å². The topological polar surface area (TPSA) is 75.3 Å². The van der Waals surface area contributed by atoms with Gasteiger partial charge in [-0.15, -0.1) is 11.8 Å². The van der Waals surface area contributed by atoms with Gasteiger partial charge in [-0.1, -0.05) is 121 Å². The van der Waals surface area contributed by atoms with Gasteiger partial charge in [0.05, 0.1) is 33.5 Å². The zero-order valence-electron chi connectivity index (χ0n) is 25.7. The van der Waals surface area contributed by atoms with E-state index in [0.29, 0.717) is 32.2 Å². The maximum Gasteiger partial charge on any atom is 0.323 e. The molecule has 2 aliphatic heterocycles. The Kier molecular flexibility index (Phi) is 11.5. The van der Waals surface area contributed by atoms with Crippen LogP contribution in [0.3, 0.4) is 0 Å². The largest absolute Gasteiger partial charge is 0.468 e. The fourth-order valence-electron chi connectivity index (χ4n) is 5.80. The zero-order chi connectivity index (χ0) is 31.6. The Morgan fingerprint density at radius 1 is 0.783 bits per heavy atom. The van der Waals surface area contributed by atoms with Crippen LogP contribution in [0.4, 0.5) is 0 Å². The first-order valence-corrected chi connectivity index (χ1v) is 17.3. The molecule has 4 aromatic carbocycles. The van der Waals surface area contributed by atoms with E-state index >= 15 is 0 Å². The predicted octanol–water partition coefficient (Wildman–Crippen LogP) is 6.47. The SMILES string of the molecule is COC(=O)[C@@H]1CS[C@]2(N1)[C@@H](OCc1ccccc1)[C@@H](COCc1ccccc1)O[C@@H](Sc1ccccc1)[C@@H]2OCc1ccccc1. The lowest BCUT2D eigenvalue weighted by Crippen LogP contribution is -2.71. The summed E-state index contributed by atoms with van der Waals surface area (Å²) in [5, 5.41) is 3.67. The highest BCUT2D eigenvalue weighted by Gasteiger charge is 2.62. The van der Waals surface area contributed by atoms with Gasteiger partial charge in [0.1, 0.15) is 34.7 Å². The van der Waals surface area contributed by atoms with Crippen LogP contribution in [0.1, 0.15) is 16.7 Å². The van der Waals surface area contributed by atoms with Gasteiger partial charge in [-0.3, -0.25) is 10.1 Å². The van der Waals surface area contributed by atoms with E-state index in [1.54, 1.807) is 23.5 Å². The van der Waals surface area contributed by atoms with Crippen molar-refractivity contribution < 1.29 is 28.5 Å². The van der Waals surface area contributed by atoms with Crippen LogP contribution >= 0.6 is 23.5 Å². The number of hydrogen-bond acceptors (Lipinski definition) is 9. The summed E-state index contributed by atoms with van der Waals surface area (Å²) in [7, 11) is 1.42. The molecule has 0 saturated carbocycles. The second kappa shape index (κ2) is 16.1. The van der Waals surface area contributed by atoms with Crippen molar-refractivity contribution in [1.82, 2.24) is 5.32 Å². The Labute approximate surface area is 279 Å². The summed E-state index contributed by atoms with van der Waals surface area (Å²) in [5.41, 5.74) is 2.72. The third-order valence-electron chi connectivity index (χ3n) is 8.05. The number of carbonyl (C=O) groups excluding carboxylic acids is 1. The summed E-state index contributed by atoms with van der Waals surface area (Å²) in [5.74, 6) is 0.187. The molecule has 2 saturated heterocycles. The number of benzene rings is 4. The fraction of sp³-hybridized carbons (Fsp3) is 0.324. The molecule has 0 aromatic heterocycles. The summed E-state index contributed by atoms with van der Waals surface area (Å²) in [6, 6.07) is 39.9. The van der Waals surface area contributed by atoms with Crippen LogP contribution in [0.15, 0.2) is 126 Å². The van der Waals surface area contributed by atoms with Gasteiger partial charge < -0.3 is 23.7 Å². The Morgan fingerprint density at radius 3 is 1.87 bits per heavy atom. The molecule has 7 nitrogen and oxygen atoms in total. The van der Waals surface area contributed by atoms with Gasteiger partial charge in [0.2, 0.25) is 0 Å². The lowest BCUT2D eigenvalue weighted by Gasteiger charge is -2.52. The van der Waals surface area contributed by atoms with E-state index in [-0.39, 0.29) is 5.97 Å². The van der Waals surface area contributed by atoms with E-state index in [9.17, 15) is 4.79 Å². The molecular weight excluding hydrogens is 619 g/mol. The van der Waals surface area contributed by atoms with Crippen LogP contribution in [-0.2, 0) is 48.3 Å². The molecule has 240 valence electrons. The molecule has 2 heterocycles. The molecule has 1 N–H and O–H groups in total. The van der Waals surface area contributed by atoms with Crippen molar-refractivity contribution in [1.29, 1.82) is 0 Å². The summed E-state index contributed by atoms with van der Waals surface area (Å²) in [6.07, 6.45) is -1.51. The van der Waals surface area contributed by atoms with Crippen LogP contribution in [0, 0.1) is 0 Å². The lowest BCUT2D eigenvalue weighted by atomic mass is 9.94. The molecule has 6 atom stereocenters. The average molecular weight is 658 g/mol. The summed E-state index contributed by atoms with van der Waals surface area (Å²) < 4.78 is 32.2. The predicted molar refractivity (Wildman–Crippen MR) is 181 cm³/mol. The van der Waals surface area contributed by atoms with Gasteiger partial charge in [-0.05, 0) is 28.8 Å². The lowest BCUT2D eigenvalue weighted by molar-refractivity contribution is -0.215. The van der Waals surface area contributed by atoms with Crippen LogP contribution in [0.5, 0.6) is 0 Å². The highest BCUT2D eigenvalue weighted by atomic mass is 32.2. The minimum atomic E-state index is -0.853. The number of methoxy groups -OCH3 is 1. The van der Waals surface area contributed by atoms with Gasteiger partial charge >= 0.3 is 5.97 Å². The monoisotopic (exact) mass is 657 g/mol. The molecule has 0 aliphatic carbocycles. The number of carbonyl (C=O) groups is 1. The molecule has 6 rings (SSSR count). The molecule has 0 bridgehead atoms. The molecule has 9 heteroatoms. The van der Waals surface area contributed by atoms with E-state index in [0.717, 1.165) is 21.6 Å². The van der Waals surface area contributed by atoms with Gasteiger partial charge in [0.25, 0.3) is 0 Å². The maximum absolute atomic E-state index is 13.0. The molecule has 2 fully saturated rings. The van der Waals surface area contributed by atoms with Crippen molar-refractivity contribution in [2.24, 2.45) is 0 Å². The van der Waals surface area contributed by atoms with Crippen molar-refractivity contribution in [3.05, 3.63) is 138 Å². The Morgan fingerprint density at radius 2 is 1.30 bits per heavy atom. The molecule has 4 aromatic rings. The minimum Gasteiger partial charge on any atom is -0.468 e. The fourth-order valence-corrected chi connectivity index (χ4v) is 8.71. The molecule has 1 spiro atoms. The van der Waals surface area contributed by atoms with E-state index in [2.05, 4.69) is 17.4 Å². The van der Waals surface area contributed by atoms with E-state index < -0.39 is 34.7 Å². The second-order valence-corrected chi connectivity index (χ2v) is 13.7. The molecular formula is C37H39NO6S2. The van der Waals surface area contributed by atoms with Gasteiger partial charge in [0, 0.05) is 10.6 Å². The van der Waals surface area contributed by atoms with Crippen molar-refractivity contribution in [2.75, 3.05) is 19.5 Å². The number of nitrogens with one attached hydrogen (secondary N) is 1. The first kappa shape index (κ1) is 32.8. The van der Waals surface area contributed by atoms with Crippen LogP contribution in [0.2, 0.25) is 0 Å². The zero-order valence-corrected chi connectivity index (χ0v) is 27.4. The van der Waals surface area contributed by atoms with Crippen LogP contribution in [-0.4, -0.2) is 60.1 Å². The third-order valence-corrected chi connectivity index (χ3v) is 10.7. The minimum absolute atomic E-state index is 0.290. The van der Waals surface area contributed by atoms with Gasteiger partial charge in [-0.25, -0.2) is 0 Å². The van der Waals surface area contributed by atoms with Crippen molar-refractivity contribution in [3.8, 4) is 0 Å². The van der Waals surface area contributed by atoms with E-state index in [1.165, 1.54) is 7.11 Å². The quantitative estimate of drug-likeness (QED) is 0.163. The summed E-state index contributed by atoms with van der Waals surface area (Å²) in [4.78, 5) is 13.2. The van der Waals surface area contributed by atoms with Gasteiger partial charge in [0.15, 0.2) is 0 Å². The van der Waals surface area contributed by atoms with Crippen LogP contribution in [0.25, 0.3) is 0 Å². The standard InChI is InChI=1S/C37H39NO6S2/c1-40-35(39)31-26-45-37(38-31)33(42-23-28-16-8-3-9-17-28)32(25-41-22-27-14-6-2-7-15-27)44-36(46-30-20-12-5-13-21-30)34(37)43-24-29-18-10-4-11-19-29/h2-21,31-34,36,38H,22-26H2,1H3/t31-,32+,33-,34-,36-,37+/m0/s1. The maximum atomic E-state index is 13.0. The third kappa shape index (κ3) is 8.04. The van der Waals surface area contributed by atoms with E-state index in [1.807, 2.05) is 109 Å². The number of rotatable bonds is 13. The van der Waals surface area contributed by atoms with E-state index in [4.69, 9.17) is 23.7 Å². The van der Waals surface area contributed by atoms with Crippen LogP contribution < -0.4 is 5.32 Å². The number of ether oxygens (including phenoxy) is 5. The highest BCUT2D eigenvalue weighted by Crippen LogP contribution is 2.49. The normalized spacial score (nSPS) is 25.8. The molecule has 46 heavy (non-hydrogen) atoms. The molecule has 0 unspecified atom stereocenters. The second-order valence-electron chi connectivity index (χ2n) is 11.2. The first-order valence-electron chi connectivity index (χ1n) is 15.4. The summed E-state index contributed by atoms with van der Waals surface area (Å²) >= 11 is 3.25. The van der Waals surface area contributed by atoms with Gasteiger partial charge in [-0.2, -0.15) is 0 Å². The molecule has 0 amide bonds. The first-order chi connectivity index (χ1) is 22.6. The average Bonchev–Trinajstić information content (AvgIpc) is 3.54. The Balaban J connectivity index is 1.36. The Hall–Kier alpha value is -3.15. The summed E-state index contributed by atoms with van der Waals surface area (Å²) in [6.45, 7) is 1.46. The number of esters is 1. The van der Waals surface area contributed by atoms with Crippen molar-refractivity contribution in [2.45, 2.75) is 59.4 Å². The number of hydrogen-bond donors (Lipinski definition) is 1.